The van der Waals surface area contributed by atoms with Crippen molar-refractivity contribution in [1.29, 1.82) is 0 Å². The third-order valence-electron chi connectivity index (χ3n) is 3.48. The number of hydrogen-bond donors (Lipinski definition) is 0. The summed E-state index contributed by atoms with van der Waals surface area (Å²) >= 11 is 9.48. The van der Waals surface area contributed by atoms with Crippen LogP contribution in [0.1, 0.15) is 25.2 Å². The summed E-state index contributed by atoms with van der Waals surface area (Å²) < 4.78 is 3.43. The zero-order valence-electron chi connectivity index (χ0n) is 12.2. The predicted molar refractivity (Wildman–Crippen MR) is 89.7 cm³/mol. The maximum Gasteiger partial charge on any atom is 0.111 e. The summed E-state index contributed by atoms with van der Waals surface area (Å²) in [7, 11) is 4.21. The van der Waals surface area contributed by atoms with Crippen molar-refractivity contribution in [3.05, 3.63) is 28.5 Å². The second-order valence-electron chi connectivity index (χ2n) is 5.41. The molecule has 0 N–H and O–H groups in total. The highest BCUT2D eigenvalue weighted by Gasteiger charge is 2.16. The van der Waals surface area contributed by atoms with E-state index in [1.807, 2.05) is 6.07 Å². The molecule has 0 spiro atoms. The van der Waals surface area contributed by atoms with Gasteiger partial charge in [0.05, 0.1) is 11.0 Å². The highest BCUT2D eigenvalue weighted by molar-refractivity contribution is 9.10. The fourth-order valence-electron chi connectivity index (χ4n) is 2.44. The first-order valence-electron chi connectivity index (χ1n) is 6.90. The van der Waals surface area contributed by atoms with Crippen molar-refractivity contribution in [2.75, 3.05) is 26.5 Å². The zero-order valence-corrected chi connectivity index (χ0v) is 14.6. The van der Waals surface area contributed by atoms with Crippen LogP contribution in [0.4, 0.5) is 0 Å². The lowest BCUT2D eigenvalue weighted by molar-refractivity contribution is 0.357. The van der Waals surface area contributed by atoms with Crippen LogP contribution in [-0.2, 0) is 6.42 Å². The largest absolute Gasteiger partial charge is 0.325 e. The van der Waals surface area contributed by atoms with Crippen LogP contribution in [0.3, 0.4) is 0 Å². The standard InChI is InChI=1S/C15H21BrClN3/c1-11(7-9-19(2)3)20-14-10-12(16)4-5-13(14)18-15(20)6-8-17/h4-5,10-11H,6-9H2,1-3H3. The minimum Gasteiger partial charge on any atom is -0.325 e. The smallest absolute Gasteiger partial charge is 0.111 e. The summed E-state index contributed by atoms with van der Waals surface area (Å²) in [6, 6.07) is 6.66. The number of imidazole rings is 1. The Morgan fingerprint density at radius 3 is 2.80 bits per heavy atom. The number of aryl methyl sites for hydroxylation is 1. The highest BCUT2D eigenvalue weighted by atomic mass is 79.9. The molecule has 20 heavy (non-hydrogen) atoms. The van der Waals surface area contributed by atoms with E-state index in [1.54, 1.807) is 0 Å². The SMILES string of the molecule is CC(CCN(C)C)n1c(CCCl)nc2ccc(Br)cc21. The molecule has 5 heteroatoms. The fraction of sp³-hybridized carbons (Fsp3) is 0.533. The van der Waals surface area contributed by atoms with Crippen LogP contribution in [0.5, 0.6) is 0 Å². The van der Waals surface area contributed by atoms with Crippen LogP contribution in [0, 0.1) is 0 Å². The van der Waals surface area contributed by atoms with Gasteiger partial charge in [-0.15, -0.1) is 11.6 Å². The Bertz CT molecular complexity index is 580. The van der Waals surface area contributed by atoms with Crippen molar-refractivity contribution in [3.8, 4) is 0 Å². The lowest BCUT2D eigenvalue weighted by atomic mass is 10.2. The Kier molecular flexibility index (Phi) is 5.47. The molecule has 0 saturated heterocycles. The van der Waals surface area contributed by atoms with Crippen LogP contribution in [0.25, 0.3) is 11.0 Å². The minimum atomic E-state index is 0.412. The average molecular weight is 359 g/mol. The molecule has 2 aromatic rings. The molecule has 1 aromatic heterocycles. The summed E-state index contributed by atoms with van der Waals surface area (Å²) in [6.45, 7) is 3.32. The van der Waals surface area contributed by atoms with E-state index in [-0.39, 0.29) is 0 Å². The number of rotatable bonds is 6. The van der Waals surface area contributed by atoms with Gasteiger partial charge in [0, 0.05) is 22.8 Å². The molecule has 0 aliphatic heterocycles. The first kappa shape index (κ1) is 15.8. The van der Waals surface area contributed by atoms with Gasteiger partial charge in [0.1, 0.15) is 5.82 Å². The highest BCUT2D eigenvalue weighted by Crippen LogP contribution is 2.26. The molecular formula is C15H21BrClN3. The van der Waals surface area contributed by atoms with Gasteiger partial charge >= 0.3 is 0 Å². The zero-order chi connectivity index (χ0) is 14.7. The lowest BCUT2D eigenvalue weighted by Crippen LogP contribution is -2.18. The molecule has 110 valence electrons. The topological polar surface area (TPSA) is 21.1 Å². The second-order valence-corrected chi connectivity index (χ2v) is 6.70. The summed E-state index contributed by atoms with van der Waals surface area (Å²) in [4.78, 5) is 6.95. The van der Waals surface area contributed by atoms with Crippen LogP contribution in [0.15, 0.2) is 22.7 Å². The Morgan fingerprint density at radius 2 is 2.15 bits per heavy atom. The van der Waals surface area contributed by atoms with Crippen molar-refractivity contribution in [2.45, 2.75) is 25.8 Å². The monoisotopic (exact) mass is 357 g/mol. The Hall–Kier alpha value is -0.580. The van der Waals surface area contributed by atoms with Gasteiger partial charge in [-0.1, -0.05) is 15.9 Å². The van der Waals surface area contributed by atoms with Gasteiger partial charge in [-0.3, -0.25) is 0 Å². The number of halogens is 2. The van der Waals surface area contributed by atoms with Crippen LogP contribution in [-0.4, -0.2) is 41.0 Å². The minimum absolute atomic E-state index is 0.412. The Labute approximate surface area is 134 Å². The molecule has 0 fully saturated rings. The Balaban J connectivity index is 2.41. The Morgan fingerprint density at radius 1 is 1.40 bits per heavy atom. The third-order valence-corrected chi connectivity index (χ3v) is 4.16. The summed E-state index contributed by atoms with van der Waals surface area (Å²) in [5, 5.41) is 0. The van der Waals surface area contributed by atoms with Crippen molar-refractivity contribution < 1.29 is 0 Å². The molecule has 1 atom stereocenters. The maximum absolute atomic E-state index is 5.93. The van der Waals surface area contributed by atoms with Gasteiger partial charge in [-0.2, -0.15) is 0 Å². The van der Waals surface area contributed by atoms with E-state index in [0.717, 1.165) is 35.2 Å². The molecule has 0 amide bonds. The molecule has 3 nitrogen and oxygen atoms in total. The number of benzene rings is 1. The van der Waals surface area contributed by atoms with Gasteiger partial charge < -0.3 is 9.47 Å². The van der Waals surface area contributed by atoms with Crippen LogP contribution < -0.4 is 0 Å². The van der Waals surface area contributed by atoms with E-state index in [0.29, 0.717) is 11.9 Å². The van der Waals surface area contributed by atoms with Crippen molar-refractivity contribution in [3.63, 3.8) is 0 Å². The maximum atomic E-state index is 5.93. The number of nitrogens with zero attached hydrogens (tertiary/aromatic N) is 3. The number of aromatic nitrogens is 2. The molecule has 0 aliphatic rings. The quantitative estimate of drug-likeness (QED) is 0.725. The van der Waals surface area contributed by atoms with E-state index < -0.39 is 0 Å². The second kappa shape index (κ2) is 6.92. The predicted octanol–water partition coefficient (Wildman–Crippen LogP) is 4.09. The first-order valence-corrected chi connectivity index (χ1v) is 8.22. The summed E-state index contributed by atoms with van der Waals surface area (Å²) in [6.07, 6.45) is 1.90. The molecule has 0 radical (unpaired) electrons. The average Bonchev–Trinajstić information content (AvgIpc) is 2.73. The molecule has 0 bridgehead atoms. The van der Waals surface area contributed by atoms with Gasteiger partial charge in [0.15, 0.2) is 0 Å². The van der Waals surface area contributed by atoms with Crippen molar-refractivity contribution >= 4 is 38.6 Å². The molecule has 0 aliphatic carbocycles. The molecule has 0 saturated carbocycles. The van der Waals surface area contributed by atoms with Gasteiger partial charge in [0.25, 0.3) is 0 Å². The summed E-state index contributed by atoms with van der Waals surface area (Å²) in [5.74, 6) is 1.68. The molecule has 1 unspecified atom stereocenters. The lowest BCUT2D eigenvalue weighted by Gasteiger charge is -2.19. The molecule has 1 heterocycles. The summed E-state index contributed by atoms with van der Waals surface area (Å²) in [5.41, 5.74) is 2.23. The van der Waals surface area contributed by atoms with Gasteiger partial charge in [-0.05, 0) is 52.2 Å². The molecule has 2 rings (SSSR count). The van der Waals surface area contributed by atoms with E-state index in [4.69, 9.17) is 16.6 Å². The van der Waals surface area contributed by atoms with Crippen LogP contribution >= 0.6 is 27.5 Å². The van der Waals surface area contributed by atoms with Crippen molar-refractivity contribution in [2.24, 2.45) is 0 Å². The first-order chi connectivity index (χ1) is 9.52. The number of alkyl halides is 1. The third kappa shape index (κ3) is 3.54. The van der Waals surface area contributed by atoms with E-state index in [1.165, 1.54) is 5.52 Å². The number of fused-ring (bicyclic) bond motifs is 1. The van der Waals surface area contributed by atoms with Gasteiger partial charge in [-0.25, -0.2) is 4.98 Å². The molecular weight excluding hydrogens is 338 g/mol. The normalized spacial score (nSPS) is 13.3. The fourth-order valence-corrected chi connectivity index (χ4v) is 2.96. The molecule has 1 aromatic carbocycles. The van der Waals surface area contributed by atoms with E-state index >= 15 is 0 Å². The van der Waals surface area contributed by atoms with E-state index in [2.05, 4.69) is 58.5 Å². The van der Waals surface area contributed by atoms with Crippen LogP contribution in [0.2, 0.25) is 0 Å². The van der Waals surface area contributed by atoms with Gasteiger partial charge in [0.2, 0.25) is 0 Å². The van der Waals surface area contributed by atoms with E-state index in [9.17, 15) is 0 Å². The van der Waals surface area contributed by atoms with Crippen molar-refractivity contribution in [1.82, 2.24) is 14.5 Å². The number of hydrogen-bond acceptors (Lipinski definition) is 2.